The number of fused-ring (bicyclic) bond motifs is 3. The quantitative estimate of drug-likeness (QED) is 0.556. The Morgan fingerprint density at radius 1 is 1.07 bits per heavy atom. The molecular weight excluding hydrogens is 370 g/mol. The number of nitrogens with zero attached hydrogens (tertiary/aromatic N) is 5. The van der Waals surface area contributed by atoms with Crippen molar-refractivity contribution in [2.45, 2.75) is 26.9 Å². The predicted octanol–water partition coefficient (Wildman–Crippen LogP) is 1.47. The first-order valence-corrected chi connectivity index (χ1v) is 9.45. The summed E-state index contributed by atoms with van der Waals surface area (Å²) >= 11 is 0. The van der Waals surface area contributed by atoms with E-state index in [0.717, 1.165) is 17.0 Å². The van der Waals surface area contributed by atoms with Crippen molar-refractivity contribution >= 4 is 23.0 Å². The molecule has 0 atom stereocenters. The Morgan fingerprint density at radius 2 is 1.79 bits per heavy atom. The summed E-state index contributed by atoms with van der Waals surface area (Å²) in [5.41, 5.74) is 2.70. The van der Waals surface area contributed by atoms with Crippen LogP contribution >= 0.6 is 0 Å². The van der Waals surface area contributed by atoms with Crippen LogP contribution in [0.25, 0.3) is 23.0 Å². The fourth-order valence-electron chi connectivity index (χ4n) is 3.70. The zero-order chi connectivity index (χ0) is 20.7. The van der Waals surface area contributed by atoms with Crippen LogP contribution in [0.2, 0.25) is 0 Å². The van der Waals surface area contributed by atoms with Gasteiger partial charge >= 0.3 is 5.69 Å². The van der Waals surface area contributed by atoms with Crippen molar-refractivity contribution < 1.29 is 5.11 Å². The van der Waals surface area contributed by atoms with E-state index < -0.39 is 5.69 Å². The van der Waals surface area contributed by atoms with Gasteiger partial charge in [-0.05, 0) is 19.4 Å². The van der Waals surface area contributed by atoms with Gasteiger partial charge in [0.2, 0.25) is 5.78 Å². The fourth-order valence-corrected chi connectivity index (χ4v) is 3.70. The molecule has 0 aliphatic heterocycles. The summed E-state index contributed by atoms with van der Waals surface area (Å²) in [7, 11) is 1.62. The number of rotatable bonds is 5. The number of aliphatic hydroxyl groups is 1. The first kappa shape index (κ1) is 18.9. The molecule has 4 aromatic rings. The Morgan fingerprint density at radius 3 is 2.48 bits per heavy atom. The summed E-state index contributed by atoms with van der Waals surface area (Å²) in [6, 6.07) is 9.71. The van der Waals surface area contributed by atoms with Gasteiger partial charge in [-0.1, -0.05) is 42.5 Å². The average Bonchev–Trinajstić information content (AvgIpc) is 3.22. The number of aliphatic hydroxyl groups excluding tert-OH is 1. The smallest absolute Gasteiger partial charge is 0.332 e. The van der Waals surface area contributed by atoms with E-state index in [1.165, 1.54) is 9.13 Å². The van der Waals surface area contributed by atoms with Crippen LogP contribution in [0, 0.1) is 13.8 Å². The molecule has 0 spiro atoms. The molecule has 4 rings (SSSR count). The number of aromatic nitrogens is 5. The lowest BCUT2D eigenvalue weighted by Crippen LogP contribution is -2.39. The van der Waals surface area contributed by atoms with E-state index >= 15 is 0 Å². The molecule has 0 saturated heterocycles. The van der Waals surface area contributed by atoms with Crippen LogP contribution in [0.5, 0.6) is 0 Å². The maximum atomic E-state index is 13.2. The van der Waals surface area contributed by atoms with Gasteiger partial charge < -0.3 is 9.67 Å². The Bertz CT molecular complexity index is 1350. The maximum absolute atomic E-state index is 13.2. The largest absolute Gasteiger partial charge is 0.395 e. The summed E-state index contributed by atoms with van der Waals surface area (Å²) in [6.45, 7) is 4.32. The van der Waals surface area contributed by atoms with Gasteiger partial charge in [0.1, 0.15) is 0 Å². The summed E-state index contributed by atoms with van der Waals surface area (Å²) in [4.78, 5) is 30.6. The highest BCUT2D eigenvalue weighted by molar-refractivity contribution is 5.76. The van der Waals surface area contributed by atoms with Crippen LogP contribution in [-0.2, 0) is 20.1 Å². The zero-order valence-corrected chi connectivity index (χ0v) is 16.7. The third-order valence-corrected chi connectivity index (χ3v) is 5.35. The first-order chi connectivity index (χ1) is 14.0. The highest BCUT2D eigenvalue weighted by Gasteiger charge is 2.22. The molecule has 0 unspecified atom stereocenters. The second-order valence-corrected chi connectivity index (χ2v) is 7.04. The van der Waals surface area contributed by atoms with Crippen molar-refractivity contribution in [2.24, 2.45) is 7.05 Å². The lowest BCUT2D eigenvalue weighted by molar-refractivity contribution is 0.276. The molecule has 0 fully saturated rings. The van der Waals surface area contributed by atoms with E-state index in [9.17, 15) is 14.7 Å². The number of hydrogen-bond acceptors (Lipinski definition) is 4. The summed E-state index contributed by atoms with van der Waals surface area (Å²) in [6.07, 6.45) is 3.69. The number of benzene rings is 1. The lowest BCUT2D eigenvalue weighted by Gasteiger charge is -2.06. The van der Waals surface area contributed by atoms with Gasteiger partial charge in [-0.15, -0.1) is 0 Å². The minimum atomic E-state index is -0.413. The minimum Gasteiger partial charge on any atom is -0.395 e. The monoisotopic (exact) mass is 393 g/mol. The second-order valence-electron chi connectivity index (χ2n) is 7.04. The van der Waals surface area contributed by atoms with Crippen molar-refractivity contribution in [3.63, 3.8) is 0 Å². The van der Waals surface area contributed by atoms with E-state index in [1.807, 2.05) is 54.8 Å². The molecule has 3 heterocycles. The Labute approximate surface area is 166 Å². The number of imidazole rings is 2. The van der Waals surface area contributed by atoms with Gasteiger partial charge in [0, 0.05) is 31.5 Å². The minimum absolute atomic E-state index is 0.0404. The highest BCUT2D eigenvalue weighted by atomic mass is 16.3. The lowest BCUT2D eigenvalue weighted by atomic mass is 10.2. The summed E-state index contributed by atoms with van der Waals surface area (Å²) < 4.78 is 6.25. The molecule has 150 valence electrons. The summed E-state index contributed by atoms with van der Waals surface area (Å²) in [5.74, 6) is 0.550. The molecule has 0 aliphatic rings. The maximum Gasteiger partial charge on any atom is 0.332 e. The standard InChI is InChI=1S/C21H23N5O3/c1-14-15(2)26-17-18(22-20(26)24(14)12-13-27)23(3)21(29)25(19(17)28)11-7-10-16-8-5-4-6-9-16/h4-10,27H,11-13H2,1-3H3/b10-7+. The molecular formula is C21H23N5O3. The van der Waals surface area contributed by atoms with Gasteiger partial charge in [0.05, 0.1) is 6.61 Å². The third-order valence-electron chi connectivity index (χ3n) is 5.35. The van der Waals surface area contributed by atoms with Crippen LogP contribution in [0.4, 0.5) is 0 Å². The molecule has 0 saturated carbocycles. The van der Waals surface area contributed by atoms with Gasteiger partial charge in [-0.3, -0.25) is 18.3 Å². The molecule has 0 aliphatic carbocycles. The van der Waals surface area contributed by atoms with E-state index in [-0.39, 0.29) is 18.7 Å². The van der Waals surface area contributed by atoms with Crippen molar-refractivity contribution in [1.82, 2.24) is 23.1 Å². The number of hydrogen-bond donors (Lipinski definition) is 1. The molecule has 8 heteroatoms. The first-order valence-electron chi connectivity index (χ1n) is 9.45. The van der Waals surface area contributed by atoms with Crippen LogP contribution in [0.15, 0.2) is 46.0 Å². The van der Waals surface area contributed by atoms with Crippen molar-refractivity contribution in [2.75, 3.05) is 6.61 Å². The fraction of sp³-hybridized carbons (Fsp3) is 0.286. The van der Waals surface area contributed by atoms with Gasteiger partial charge in [0.25, 0.3) is 5.56 Å². The van der Waals surface area contributed by atoms with E-state index in [1.54, 1.807) is 17.5 Å². The molecule has 0 amide bonds. The molecule has 0 radical (unpaired) electrons. The van der Waals surface area contributed by atoms with Gasteiger partial charge in [-0.2, -0.15) is 4.98 Å². The van der Waals surface area contributed by atoms with E-state index in [4.69, 9.17) is 0 Å². The van der Waals surface area contributed by atoms with E-state index in [2.05, 4.69) is 4.98 Å². The van der Waals surface area contributed by atoms with Crippen LogP contribution in [0.3, 0.4) is 0 Å². The Hall–Kier alpha value is -3.39. The number of aryl methyl sites for hydroxylation is 2. The highest BCUT2D eigenvalue weighted by Crippen LogP contribution is 2.20. The topological polar surface area (TPSA) is 86.5 Å². The average molecular weight is 393 g/mol. The van der Waals surface area contributed by atoms with E-state index in [0.29, 0.717) is 23.5 Å². The molecule has 1 aromatic carbocycles. The Kier molecular flexibility index (Phi) is 4.71. The van der Waals surface area contributed by atoms with Crippen molar-refractivity contribution in [3.05, 3.63) is 74.2 Å². The molecule has 1 N–H and O–H groups in total. The normalized spacial score (nSPS) is 12.0. The van der Waals surface area contributed by atoms with Gasteiger partial charge in [0.15, 0.2) is 11.2 Å². The van der Waals surface area contributed by atoms with Gasteiger partial charge in [-0.25, -0.2) is 4.79 Å². The van der Waals surface area contributed by atoms with Crippen LogP contribution in [-0.4, -0.2) is 34.8 Å². The van der Waals surface area contributed by atoms with Crippen LogP contribution < -0.4 is 11.2 Å². The second kappa shape index (κ2) is 7.21. The SMILES string of the molecule is Cc1c(C)n2c3c(=O)n(C/C=C/c4ccccc4)c(=O)n(C)c3nc2n1CCO. The van der Waals surface area contributed by atoms with Crippen molar-refractivity contribution in [1.29, 1.82) is 0 Å². The zero-order valence-electron chi connectivity index (χ0n) is 16.7. The molecule has 8 nitrogen and oxygen atoms in total. The van der Waals surface area contributed by atoms with Crippen LogP contribution in [0.1, 0.15) is 17.0 Å². The molecule has 29 heavy (non-hydrogen) atoms. The number of allylic oxidation sites excluding steroid dienone is 1. The molecule has 0 bridgehead atoms. The third kappa shape index (κ3) is 2.92. The Balaban J connectivity index is 1.92. The summed E-state index contributed by atoms with van der Waals surface area (Å²) in [5, 5.41) is 9.39. The predicted molar refractivity (Wildman–Crippen MR) is 112 cm³/mol. The van der Waals surface area contributed by atoms with Crippen molar-refractivity contribution in [3.8, 4) is 0 Å². The molecule has 3 aromatic heterocycles.